The Hall–Kier alpha value is -4.18. The van der Waals surface area contributed by atoms with E-state index in [0.29, 0.717) is 53.5 Å². The van der Waals surface area contributed by atoms with Crippen LogP contribution in [0.3, 0.4) is 0 Å². The Morgan fingerprint density at radius 1 is 0.891 bits per heavy atom. The first-order valence-corrected chi connectivity index (χ1v) is 16.4. The molecule has 0 atom stereocenters. The highest BCUT2D eigenvalue weighted by molar-refractivity contribution is 8.18. The van der Waals surface area contributed by atoms with E-state index in [2.05, 4.69) is 21.6 Å². The van der Waals surface area contributed by atoms with Crippen molar-refractivity contribution in [3.8, 4) is 11.4 Å². The number of aryl methyl sites for hydroxylation is 1. The summed E-state index contributed by atoms with van der Waals surface area (Å²) in [6, 6.07) is 25.1. The molecule has 0 saturated carbocycles. The smallest absolute Gasteiger partial charge is 0.294 e. The predicted molar refractivity (Wildman–Crippen MR) is 184 cm³/mol. The number of halogens is 2. The van der Waals surface area contributed by atoms with Crippen molar-refractivity contribution in [1.29, 1.82) is 0 Å². The zero-order valence-electron chi connectivity index (χ0n) is 25.4. The summed E-state index contributed by atoms with van der Waals surface area (Å²) >= 11 is 13.1. The lowest BCUT2D eigenvalue weighted by Crippen LogP contribution is -2.51. The van der Waals surface area contributed by atoms with Crippen LogP contribution in [0.25, 0.3) is 11.8 Å². The van der Waals surface area contributed by atoms with Crippen LogP contribution in [0.15, 0.2) is 83.8 Å². The lowest BCUT2D eigenvalue weighted by Gasteiger charge is -2.36. The summed E-state index contributed by atoms with van der Waals surface area (Å²) in [5.41, 5.74) is 5.59. The molecule has 6 rings (SSSR count). The van der Waals surface area contributed by atoms with Gasteiger partial charge in [-0.05, 0) is 91.8 Å². The number of aromatic nitrogens is 1. The zero-order chi connectivity index (χ0) is 32.4. The fraction of sp³-hybridized carbons (Fsp3) is 0.229. The van der Waals surface area contributed by atoms with Crippen molar-refractivity contribution in [3.05, 3.63) is 116 Å². The van der Waals surface area contributed by atoms with Crippen molar-refractivity contribution in [2.45, 2.75) is 20.5 Å². The van der Waals surface area contributed by atoms with E-state index in [1.165, 1.54) is 0 Å². The van der Waals surface area contributed by atoms with Crippen LogP contribution in [0.5, 0.6) is 5.75 Å². The molecule has 0 bridgehead atoms. The maximum atomic E-state index is 13.3. The van der Waals surface area contributed by atoms with Crippen LogP contribution in [0, 0.1) is 13.8 Å². The van der Waals surface area contributed by atoms with Crippen LogP contribution in [-0.2, 0) is 16.2 Å². The molecule has 0 N–H and O–H groups in total. The molecule has 46 heavy (non-hydrogen) atoms. The van der Waals surface area contributed by atoms with Gasteiger partial charge in [0.25, 0.3) is 11.1 Å². The molecule has 2 aliphatic heterocycles. The second-order valence-electron chi connectivity index (χ2n) is 11.2. The van der Waals surface area contributed by atoms with Crippen LogP contribution in [0.4, 0.5) is 10.5 Å². The summed E-state index contributed by atoms with van der Waals surface area (Å²) in [4.78, 5) is 44.5. The molecular formula is C35H32Cl2N4O4S. The molecule has 11 heteroatoms. The number of amides is 3. The molecule has 8 nitrogen and oxygen atoms in total. The van der Waals surface area contributed by atoms with Crippen LogP contribution in [0.2, 0.25) is 10.0 Å². The van der Waals surface area contributed by atoms with Gasteiger partial charge in [-0.2, -0.15) is 0 Å². The molecule has 0 radical (unpaired) electrons. The van der Waals surface area contributed by atoms with E-state index in [0.717, 1.165) is 50.6 Å². The third kappa shape index (κ3) is 6.82. The van der Waals surface area contributed by atoms with E-state index in [4.69, 9.17) is 27.9 Å². The summed E-state index contributed by atoms with van der Waals surface area (Å²) in [6.45, 7) is 6.47. The first-order chi connectivity index (χ1) is 22.2. The Morgan fingerprint density at radius 2 is 1.61 bits per heavy atom. The SMILES string of the molecule is Cc1cc(/C=C2/SC(=O)N(CC(=O)N3CCN(c4ccccc4)CC3)C2=O)c(C)n1-c1ccc(OCc2ccc(Cl)cc2Cl)cc1. The van der Waals surface area contributed by atoms with Gasteiger partial charge in [-0.25, -0.2) is 0 Å². The zero-order valence-corrected chi connectivity index (χ0v) is 27.7. The number of carbonyl (C=O) groups is 3. The minimum absolute atomic E-state index is 0.224. The van der Waals surface area contributed by atoms with Crippen molar-refractivity contribution < 1.29 is 19.1 Å². The fourth-order valence-electron chi connectivity index (χ4n) is 5.69. The molecule has 3 heterocycles. The molecule has 2 fully saturated rings. The van der Waals surface area contributed by atoms with Crippen molar-refractivity contribution in [2.24, 2.45) is 0 Å². The lowest BCUT2D eigenvalue weighted by atomic mass is 10.2. The Morgan fingerprint density at radius 3 is 2.30 bits per heavy atom. The number of imide groups is 1. The number of thioether (sulfide) groups is 1. The van der Waals surface area contributed by atoms with Crippen molar-refractivity contribution >= 4 is 63.8 Å². The molecule has 3 amide bonds. The van der Waals surface area contributed by atoms with E-state index in [1.54, 1.807) is 23.1 Å². The number of nitrogens with zero attached hydrogens (tertiary/aromatic N) is 4. The Labute approximate surface area is 282 Å². The minimum atomic E-state index is -0.446. The van der Waals surface area contributed by atoms with Gasteiger partial charge in [0.1, 0.15) is 18.9 Å². The van der Waals surface area contributed by atoms with Gasteiger partial charge in [-0.1, -0.05) is 47.5 Å². The summed E-state index contributed by atoms with van der Waals surface area (Å²) in [6.07, 6.45) is 1.74. The number of rotatable bonds is 8. The van der Waals surface area contributed by atoms with Gasteiger partial charge < -0.3 is 19.1 Å². The van der Waals surface area contributed by atoms with E-state index < -0.39 is 11.1 Å². The topological polar surface area (TPSA) is 75.1 Å². The molecule has 2 aliphatic rings. The van der Waals surface area contributed by atoms with Crippen LogP contribution >= 0.6 is 35.0 Å². The van der Waals surface area contributed by atoms with E-state index in [1.807, 2.05) is 68.4 Å². The number of benzene rings is 3. The minimum Gasteiger partial charge on any atom is -0.489 e. The van der Waals surface area contributed by atoms with Crippen LogP contribution < -0.4 is 9.64 Å². The first-order valence-electron chi connectivity index (χ1n) is 14.9. The van der Waals surface area contributed by atoms with Crippen molar-refractivity contribution in [2.75, 3.05) is 37.6 Å². The fourth-order valence-corrected chi connectivity index (χ4v) is 6.98. The summed E-state index contributed by atoms with van der Waals surface area (Å²) in [5, 5.41) is 0.693. The highest BCUT2D eigenvalue weighted by atomic mass is 35.5. The third-order valence-electron chi connectivity index (χ3n) is 8.18. The number of ether oxygens (including phenoxy) is 1. The summed E-state index contributed by atoms with van der Waals surface area (Å²) in [7, 11) is 0. The number of para-hydroxylation sites is 1. The number of anilines is 1. The number of hydrogen-bond acceptors (Lipinski definition) is 6. The second kappa shape index (κ2) is 13.7. The van der Waals surface area contributed by atoms with Crippen LogP contribution in [0.1, 0.15) is 22.5 Å². The molecule has 236 valence electrons. The van der Waals surface area contributed by atoms with E-state index >= 15 is 0 Å². The van der Waals surface area contributed by atoms with Gasteiger partial charge in [0, 0.05) is 64.6 Å². The number of hydrogen-bond donors (Lipinski definition) is 0. The molecule has 2 saturated heterocycles. The predicted octanol–water partition coefficient (Wildman–Crippen LogP) is 7.37. The van der Waals surface area contributed by atoms with E-state index in [-0.39, 0.29) is 12.5 Å². The van der Waals surface area contributed by atoms with E-state index in [9.17, 15) is 14.4 Å². The van der Waals surface area contributed by atoms with Gasteiger partial charge in [-0.15, -0.1) is 0 Å². The Kier molecular flexibility index (Phi) is 9.44. The molecule has 1 aromatic heterocycles. The normalized spacial score (nSPS) is 16.1. The van der Waals surface area contributed by atoms with Crippen LogP contribution in [-0.4, -0.2) is 64.1 Å². The summed E-state index contributed by atoms with van der Waals surface area (Å²) in [5.74, 6) is 0.0234. The monoisotopic (exact) mass is 674 g/mol. The molecule has 3 aromatic carbocycles. The van der Waals surface area contributed by atoms with Crippen molar-refractivity contribution in [1.82, 2.24) is 14.4 Å². The molecule has 0 unspecified atom stereocenters. The first kappa shape index (κ1) is 31.8. The van der Waals surface area contributed by atoms with Gasteiger partial charge in [-0.3, -0.25) is 19.3 Å². The van der Waals surface area contributed by atoms with Gasteiger partial charge in [0.15, 0.2) is 0 Å². The van der Waals surface area contributed by atoms with Gasteiger partial charge in [0.05, 0.1) is 4.91 Å². The standard InChI is InChI=1S/C35H32Cl2N4O4S/c1-23-18-26(24(2)41(23)29-10-12-30(13-11-29)45-22-25-8-9-27(36)20-31(25)37)19-32-34(43)40(35(44)46-32)21-33(42)39-16-14-38(15-17-39)28-6-4-3-5-7-28/h3-13,18-20H,14-17,21-22H2,1-2H3/b32-19+. The number of piperazine rings is 1. The van der Waals surface area contributed by atoms with Gasteiger partial charge in [0.2, 0.25) is 5.91 Å². The highest BCUT2D eigenvalue weighted by Gasteiger charge is 2.37. The second-order valence-corrected chi connectivity index (χ2v) is 13.0. The Bertz CT molecular complexity index is 1820. The quantitative estimate of drug-likeness (QED) is 0.182. The maximum absolute atomic E-state index is 13.3. The summed E-state index contributed by atoms with van der Waals surface area (Å²) < 4.78 is 8.00. The van der Waals surface area contributed by atoms with Gasteiger partial charge >= 0.3 is 0 Å². The molecule has 0 aliphatic carbocycles. The average Bonchev–Trinajstić information content (AvgIpc) is 3.49. The average molecular weight is 676 g/mol. The highest BCUT2D eigenvalue weighted by Crippen LogP contribution is 2.34. The molecule has 4 aromatic rings. The molecular weight excluding hydrogens is 643 g/mol. The third-order valence-corrected chi connectivity index (χ3v) is 9.68. The lowest BCUT2D eigenvalue weighted by molar-refractivity contribution is -0.136. The van der Waals surface area contributed by atoms with Crippen molar-refractivity contribution in [3.63, 3.8) is 0 Å². The Balaban J connectivity index is 1.09. The number of carbonyl (C=O) groups excluding carboxylic acids is 3. The largest absolute Gasteiger partial charge is 0.489 e. The molecule has 0 spiro atoms. The maximum Gasteiger partial charge on any atom is 0.294 e.